The molecule has 0 aliphatic carbocycles. The number of aldehydes is 1. The van der Waals surface area contributed by atoms with Crippen LogP contribution in [-0.4, -0.2) is 24.3 Å². The highest BCUT2D eigenvalue weighted by atomic mass is 16.2. The number of carbonyl (C=O) groups is 2. The summed E-state index contributed by atoms with van der Waals surface area (Å²) in [5.41, 5.74) is 5.58. The van der Waals surface area contributed by atoms with Gasteiger partial charge < -0.3 is 15.8 Å². The number of amides is 1. The predicted molar refractivity (Wildman–Crippen MR) is 51.2 cm³/mol. The summed E-state index contributed by atoms with van der Waals surface area (Å²) in [6.07, 6.45) is 3.31. The summed E-state index contributed by atoms with van der Waals surface area (Å²) >= 11 is 0. The number of hydrogen-bond acceptors (Lipinski definition) is 3. The molecular weight excluding hydrogens is 168 g/mol. The van der Waals surface area contributed by atoms with E-state index >= 15 is 0 Å². The van der Waals surface area contributed by atoms with Crippen LogP contribution >= 0.6 is 0 Å². The molecule has 0 aliphatic heterocycles. The van der Waals surface area contributed by atoms with Crippen LogP contribution in [0.15, 0.2) is 0 Å². The van der Waals surface area contributed by atoms with E-state index in [2.05, 4.69) is 5.32 Å². The van der Waals surface area contributed by atoms with Crippen LogP contribution in [0, 0.1) is 0 Å². The van der Waals surface area contributed by atoms with Gasteiger partial charge >= 0.3 is 0 Å². The number of carbonyl (C=O) groups excluding carboxylic acids is 2. The highest BCUT2D eigenvalue weighted by molar-refractivity contribution is 5.83. The molecule has 0 unspecified atom stereocenters. The Balaban J connectivity index is 3.75. The molecule has 0 rings (SSSR count). The zero-order valence-electron chi connectivity index (χ0n) is 8.25. The molecule has 4 heteroatoms. The maximum atomic E-state index is 11.2. The van der Waals surface area contributed by atoms with Crippen LogP contribution in [0.25, 0.3) is 0 Å². The zero-order chi connectivity index (χ0) is 10.3. The van der Waals surface area contributed by atoms with E-state index in [1.165, 1.54) is 0 Å². The van der Waals surface area contributed by atoms with Crippen molar-refractivity contribution in [2.45, 2.75) is 45.2 Å². The van der Waals surface area contributed by atoms with Crippen LogP contribution in [0.4, 0.5) is 0 Å². The lowest BCUT2D eigenvalue weighted by Crippen LogP contribution is -2.44. The molecule has 0 saturated carbocycles. The van der Waals surface area contributed by atoms with Crippen molar-refractivity contribution in [2.75, 3.05) is 0 Å². The van der Waals surface area contributed by atoms with E-state index in [-0.39, 0.29) is 5.91 Å². The molecule has 0 spiro atoms. The first kappa shape index (κ1) is 12.1. The lowest BCUT2D eigenvalue weighted by molar-refractivity contribution is -0.125. The maximum Gasteiger partial charge on any atom is 0.237 e. The number of unbranched alkanes of at least 4 members (excludes halogenated alkanes) is 1. The number of nitrogens with one attached hydrogen (secondary N) is 1. The number of nitrogens with two attached hydrogens (primary N) is 1. The quantitative estimate of drug-likeness (QED) is 0.582. The van der Waals surface area contributed by atoms with Crippen molar-refractivity contribution >= 4 is 12.2 Å². The van der Waals surface area contributed by atoms with Gasteiger partial charge in [0.2, 0.25) is 5.91 Å². The Hall–Kier alpha value is -0.900. The number of hydrogen-bond donors (Lipinski definition) is 2. The van der Waals surface area contributed by atoms with E-state index in [9.17, 15) is 9.59 Å². The minimum absolute atomic E-state index is 0.243. The van der Waals surface area contributed by atoms with Crippen molar-refractivity contribution in [1.82, 2.24) is 5.32 Å². The van der Waals surface area contributed by atoms with Gasteiger partial charge in [-0.1, -0.05) is 19.8 Å². The molecule has 0 aromatic carbocycles. The molecule has 76 valence electrons. The fourth-order valence-corrected chi connectivity index (χ4v) is 0.921. The average Bonchev–Trinajstić information content (AvgIpc) is 2.13. The van der Waals surface area contributed by atoms with Gasteiger partial charge in [0.1, 0.15) is 6.29 Å². The highest BCUT2D eigenvalue weighted by Gasteiger charge is 2.14. The Kier molecular flexibility index (Phi) is 6.14. The molecule has 1 amide bonds. The van der Waals surface area contributed by atoms with E-state index in [1.807, 2.05) is 6.92 Å². The van der Waals surface area contributed by atoms with Gasteiger partial charge in [-0.15, -0.1) is 0 Å². The summed E-state index contributed by atoms with van der Waals surface area (Å²) in [7, 11) is 0. The first-order valence-electron chi connectivity index (χ1n) is 4.63. The van der Waals surface area contributed by atoms with Gasteiger partial charge in [-0.3, -0.25) is 4.79 Å². The third kappa shape index (κ3) is 5.36. The first-order chi connectivity index (χ1) is 6.11. The summed E-state index contributed by atoms with van der Waals surface area (Å²) in [4.78, 5) is 21.4. The second kappa shape index (κ2) is 6.60. The third-order valence-electron chi connectivity index (χ3n) is 1.78. The van der Waals surface area contributed by atoms with Crippen LogP contribution in [0.2, 0.25) is 0 Å². The SMILES string of the molecule is CCCC[C@H](N)C(=O)N[C@@H](C)C=O. The summed E-state index contributed by atoms with van der Waals surface area (Å²) in [6, 6.07) is -0.928. The van der Waals surface area contributed by atoms with Crippen LogP contribution in [-0.2, 0) is 9.59 Å². The highest BCUT2D eigenvalue weighted by Crippen LogP contribution is 1.98. The van der Waals surface area contributed by atoms with E-state index in [1.54, 1.807) is 6.92 Å². The van der Waals surface area contributed by atoms with Gasteiger partial charge in [-0.2, -0.15) is 0 Å². The number of rotatable bonds is 6. The summed E-state index contributed by atoms with van der Waals surface area (Å²) in [5, 5.41) is 2.51. The average molecular weight is 186 g/mol. The second-order valence-electron chi connectivity index (χ2n) is 3.18. The van der Waals surface area contributed by atoms with Gasteiger partial charge in [-0.25, -0.2) is 0 Å². The molecule has 0 bridgehead atoms. The fourth-order valence-electron chi connectivity index (χ4n) is 0.921. The molecule has 0 heterocycles. The van der Waals surface area contributed by atoms with E-state index in [4.69, 9.17) is 5.73 Å². The Morgan fingerprint density at radius 2 is 2.23 bits per heavy atom. The molecule has 0 saturated heterocycles. The normalized spacial score (nSPS) is 14.7. The van der Waals surface area contributed by atoms with Crippen molar-refractivity contribution in [3.05, 3.63) is 0 Å². The van der Waals surface area contributed by atoms with Crippen LogP contribution < -0.4 is 11.1 Å². The largest absolute Gasteiger partial charge is 0.346 e. The Morgan fingerprint density at radius 3 is 2.69 bits per heavy atom. The summed E-state index contributed by atoms with van der Waals surface area (Å²) in [6.45, 7) is 3.66. The fraction of sp³-hybridized carbons (Fsp3) is 0.778. The standard InChI is InChI=1S/C9H18N2O2/c1-3-4-5-8(10)9(13)11-7(2)6-12/h6-8H,3-5,10H2,1-2H3,(H,11,13)/t7-,8-/m0/s1. The molecule has 0 radical (unpaired) electrons. The first-order valence-corrected chi connectivity index (χ1v) is 4.63. The zero-order valence-corrected chi connectivity index (χ0v) is 8.25. The van der Waals surface area contributed by atoms with Gasteiger partial charge in [-0.05, 0) is 13.3 Å². The Bertz CT molecular complexity index is 171. The Morgan fingerprint density at radius 1 is 1.62 bits per heavy atom. The monoisotopic (exact) mass is 186 g/mol. The minimum atomic E-state index is -0.484. The van der Waals surface area contributed by atoms with Gasteiger partial charge in [0.15, 0.2) is 0 Å². The molecule has 0 aromatic heterocycles. The molecule has 0 fully saturated rings. The summed E-state index contributed by atoms with van der Waals surface area (Å²) in [5.74, 6) is -0.243. The molecule has 0 aliphatic rings. The topological polar surface area (TPSA) is 72.2 Å². The van der Waals surface area contributed by atoms with E-state index in [0.717, 1.165) is 12.8 Å². The second-order valence-corrected chi connectivity index (χ2v) is 3.18. The van der Waals surface area contributed by atoms with Gasteiger partial charge in [0, 0.05) is 0 Å². The smallest absolute Gasteiger partial charge is 0.237 e. The van der Waals surface area contributed by atoms with Crippen LogP contribution in [0.3, 0.4) is 0 Å². The maximum absolute atomic E-state index is 11.2. The van der Waals surface area contributed by atoms with Crippen molar-refractivity contribution in [1.29, 1.82) is 0 Å². The molecule has 13 heavy (non-hydrogen) atoms. The third-order valence-corrected chi connectivity index (χ3v) is 1.78. The molecule has 2 atom stereocenters. The van der Waals surface area contributed by atoms with Crippen LogP contribution in [0.5, 0.6) is 0 Å². The van der Waals surface area contributed by atoms with E-state index in [0.29, 0.717) is 12.7 Å². The summed E-state index contributed by atoms with van der Waals surface area (Å²) < 4.78 is 0. The van der Waals surface area contributed by atoms with Crippen molar-refractivity contribution in [3.63, 3.8) is 0 Å². The van der Waals surface area contributed by atoms with Gasteiger partial charge in [0.05, 0.1) is 12.1 Å². The van der Waals surface area contributed by atoms with Crippen molar-refractivity contribution < 1.29 is 9.59 Å². The Labute approximate surface area is 78.9 Å². The van der Waals surface area contributed by atoms with Crippen LogP contribution in [0.1, 0.15) is 33.1 Å². The minimum Gasteiger partial charge on any atom is -0.346 e. The molecule has 4 nitrogen and oxygen atoms in total. The lowest BCUT2D eigenvalue weighted by Gasteiger charge is -2.13. The predicted octanol–water partition coefficient (Wildman–Crippen LogP) is 0.207. The van der Waals surface area contributed by atoms with E-state index < -0.39 is 12.1 Å². The molecule has 0 aromatic rings. The van der Waals surface area contributed by atoms with Gasteiger partial charge in [0.25, 0.3) is 0 Å². The molecular formula is C9H18N2O2. The van der Waals surface area contributed by atoms with Crippen molar-refractivity contribution in [2.24, 2.45) is 5.73 Å². The lowest BCUT2D eigenvalue weighted by atomic mass is 10.1. The molecule has 3 N–H and O–H groups in total. The van der Waals surface area contributed by atoms with Crippen molar-refractivity contribution in [3.8, 4) is 0 Å².